The Labute approximate surface area is 143 Å². The van der Waals surface area contributed by atoms with E-state index < -0.39 is 0 Å². The molecule has 0 radical (unpaired) electrons. The molecule has 0 saturated carbocycles. The second kappa shape index (κ2) is 9.75. The van der Waals surface area contributed by atoms with Crippen molar-refractivity contribution in [3.05, 3.63) is 29.3 Å². The number of carbonyl (C=O) groups is 1. The summed E-state index contributed by atoms with van der Waals surface area (Å²) in [4.78, 5) is 11.9. The minimum atomic E-state index is -0.216. The molecule has 0 saturated heterocycles. The Morgan fingerprint density at radius 3 is 2.39 bits per heavy atom. The van der Waals surface area contributed by atoms with Crippen molar-refractivity contribution in [3.63, 3.8) is 0 Å². The second-order valence-corrected chi connectivity index (χ2v) is 6.71. The summed E-state index contributed by atoms with van der Waals surface area (Å²) in [7, 11) is 3.28. The Bertz CT molecular complexity index is 473. The summed E-state index contributed by atoms with van der Waals surface area (Å²) in [5.74, 6) is 0. The highest BCUT2D eigenvalue weighted by Gasteiger charge is 2.19. The van der Waals surface area contributed by atoms with Gasteiger partial charge in [0.1, 0.15) is 0 Å². The zero-order chi connectivity index (χ0) is 17.3. The van der Waals surface area contributed by atoms with Crippen LogP contribution < -0.4 is 10.6 Å². The van der Waals surface area contributed by atoms with E-state index >= 15 is 0 Å². The van der Waals surface area contributed by atoms with Gasteiger partial charge in [0.15, 0.2) is 6.29 Å². The molecule has 5 nitrogen and oxygen atoms in total. The largest absolute Gasteiger partial charge is 0.356 e. The van der Waals surface area contributed by atoms with Crippen molar-refractivity contribution in [2.24, 2.45) is 5.41 Å². The Balaban J connectivity index is 2.31. The van der Waals surface area contributed by atoms with Gasteiger partial charge in [0, 0.05) is 31.5 Å². The number of urea groups is 1. The smallest absolute Gasteiger partial charge is 0.319 e. The van der Waals surface area contributed by atoms with Crippen LogP contribution in [0.4, 0.5) is 10.5 Å². The third kappa shape index (κ3) is 8.21. The number of amides is 2. The van der Waals surface area contributed by atoms with E-state index in [2.05, 4.69) is 24.5 Å². The van der Waals surface area contributed by atoms with Crippen LogP contribution in [0, 0.1) is 5.41 Å². The van der Waals surface area contributed by atoms with Crippen molar-refractivity contribution in [3.8, 4) is 0 Å². The molecule has 0 aliphatic heterocycles. The molecule has 1 aromatic carbocycles. The van der Waals surface area contributed by atoms with Gasteiger partial charge in [0.25, 0.3) is 0 Å². The van der Waals surface area contributed by atoms with Crippen molar-refractivity contribution in [2.75, 3.05) is 26.1 Å². The lowest BCUT2D eigenvalue weighted by Gasteiger charge is -2.25. The molecule has 2 N–H and O–H groups in total. The van der Waals surface area contributed by atoms with Crippen molar-refractivity contribution in [2.45, 2.75) is 39.4 Å². The van der Waals surface area contributed by atoms with Crippen LogP contribution in [0.1, 0.15) is 33.1 Å². The number of halogens is 1. The van der Waals surface area contributed by atoms with E-state index in [0.29, 0.717) is 17.3 Å². The van der Waals surface area contributed by atoms with Crippen molar-refractivity contribution in [1.29, 1.82) is 0 Å². The Morgan fingerprint density at radius 1 is 1.22 bits per heavy atom. The fraction of sp³-hybridized carbons (Fsp3) is 0.588. The van der Waals surface area contributed by atoms with Gasteiger partial charge in [-0.1, -0.05) is 25.4 Å². The zero-order valence-corrected chi connectivity index (χ0v) is 15.1. The van der Waals surface area contributed by atoms with E-state index in [1.54, 1.807) is 38.5 Å². The van der Waals surface area contributed by atoms with Crippen LogP contribution in [0.2, 0.25) is 5.02 Å². The minimum Gasteiger partial charge on any atom is -0.356 e. The summed E-state index contributed by atoms with van der Waals surface area (Å²) in [5, 5.41) is 6.33. The van der Waals surface area contributed by atoms with Crippen LogP contribution in [0.25, 0.3) is 0 Å². The van der Waals surface area contributed by atoms with Crippen LogP contribution in [-0.2, 0) is 9.47 Å². The number of nitrogens with one attached hydrogen (secondary N) is 2. The zero-order valence-electron chi connectivity index (χ0n) is 14.3. The summed E-state index contributed by atoms with van der Waals surface area (Å²) in [6.07, 6.45) is 2.62. The first-order chi connectivity index (χ1) is 10.9. The maximum Gasteiger partial charge on any atom is 0.319 e. The van der Waals surface area contributed by atoms with Gasteiger partial charge in [-0.15, -0.1) is 0 Å². The normalized spacial score (nSPS) is 11.6. The van der Waals surface area contributed by atoms with E-state index in [9.17, 15) is 4.79 Å². The van der Waals surface area contributed by atoms with Gasteiger partial charge in [-0.3, -0.25) is 0 Å². The molecule has 0 heterocycles. The fourth-order valence-electron chi connectivity index (χ4n) is 2.20. The highest BCUT2D eigenvalue weighted by atomic mass is 35.5. The summed E-state index contributed by atoms with van der Waals surface area (Å²) >= 11 is 5.81. The molecule has 0 bridgehead atoms. The molecular formula is C17H27ClN2O3. The average molecular weight is 343 g/mol. The molecule has 2 amide bonds. The monoisotopic (exact) mass is 342 g/mol. The summed E-state index contributed by atoms with van der Waals surface area (Å²) < 4.78 is 10.4. The average Bonchev–Trinajstić information content (AvgIpc) is 2.52. The summed E-state index contributed by atoms with van der Waals surface area (Å²) in [5.41, 5.74) is 0.719. The van der Waals surface area contributed by atoms with Gasteiger partial charge in [0.05, 0.1) is 0 Å². The quantitative estimate of drug-likeness (QED) is 0.658. The van der Waals surface area contributed by atoms with E-state index in [0.717, 1.165) is 19.3 Å². The molecule has 0 fully saturated rings. The number of carbonyl (C=O) groups excluding carboxylic acids is 1. The van der Waals surface area contributed by atoms with Crippen LogP contribution in [0.15, 0.2) is 24.3 Å². The molecule has 23 heavy (non-hydrogen) atoms. The van der Waals surface area contributed by atoms with Crippen molar-refractivity contribution >= 4 is 23.3 Å². The summed E-state index contributed by atoms with van der Waals surface area (Å²) in [6, 6.07) is 6.80. The lowest BCUT2D eigenvalue weighted by Crippen LogP contribution is -2.36. The van der Waals surface area contributed by atoms with Gasteiger partial charge >= 0.3 is 6.03 Å². The number of ether oxygens (including phenoxy) is 2. The summed E-state index contributed by atoms with van der Waals surface area (Å²) in [6.45, 7) is 4.85. The number of hydrogen-bond donors (Lipinski definition) is 2. The van der Waals surface area contributed by atoms with E-state index in [1.165, 1.54) is 0 Å². The third-order valence-corrected chi connectivity index (χ3v) is 3.90. The first-order valence-corrected chi connectivity index (χ1v) is 8.10. The molecule has 0 aliphatic rings. The SMILES string of the molecule is COC(CCCC(C)(C)CNC(=O)Nc1ccc(Cl)cc1)OC. The van der Waals surface area contributed by atoms with Crippen LogP contribution in [-0.4, -0.2) is 33.1 Å². The number of rotatable bonds is 9. The molecule has 0 aliphatic carbocycles. The maximum atomic E-state index is 11.9. The van der Waals surface area contributed by atoms with Crippen LogP contribution >= 0.6 is 11.6 Å². The first kappa shape index (κ1) is 19.7. The standard InChI is InChI=1S/C17H27ClN2O3/c1-17(2,11-5-6-15(22-3)23-4)12-19-16(21)20-14-9-7-13(18)8-10-14/h7-10,15H,5-6,11-12H2,1-4H3,(H2,19,20,21). The van der Waals surface area contributed by atoms with Gasteiger partial charge in [-0.25, -0.2) is 4.79 Å². The van der Waals surface area contributed by atoms with E-state index in [4.69, 9.17) is 21.1 Å². The Kier molecular flexibility index (Phi) is 8.37. The third-order valence-electron chi connectivity index (χ3n) is 3.65. The highest BCUT2D eigenvalue weighted by Crippen LogP contribution is 2.23. The van der Waals surface area contributed by atoms with Gasteiger partial charge in [-0.2, -0.15) is 0 Å². The molecular weight excluding hydrogens is 316 g/mol. The number of hydrogen-bond acceptors (Lipinski definition) is 3. The van der Waals surface area contributed by atoms with E-state index in [1.807, 2.05) is 0 Å². The molecule has 0 atom stereocenters. The predicted octanol–water partition coefficient (Wildman–Crippen LogP) is 4.28. The van der Waals surface area contributed by atoms with Crippen LogP contribution in [0.5, 0.6) is 0 Å². The van der Waals surface area contributed by atoms with Gasteiger partial charge in [0.2, 0.25) is 0 Å². The fourth-order valence-corrected chi connectivity index (χ4v) is 2.32. The first-order valence-electron chi connectivity index (χ1n) is 7.72. The molecule has 0 unspecified atom stereocenters. The molecule has 1 aromatic rings. The highest BCUT2D eigenvalue weighted by molar-refractivity contribution is 6.30. The van der Waals surface area contributed by atoms with Crippen molar-refractivity contribution in [1.82, 2.24) is 5.32 Å². The molecule has 130 valence electrons. The molecule has 1 rings (SSSR count). The molecule has 0 spiro atoms. The topological polar surface area (TPSA) is 59.6 Å². The molecule has 0 aromatic heterocycles. The molecule has 6 heteroatoms. The lowest BCUT2D eigenvalue weighted by atomic mass is 9.87. The minimum absolute atomic E-state index is 0.00334. The number of methoxy groups -OCH3 is 2. The number of benzene rings is 1. The van der Waals surface area contributed by atoms with Crippen LogP contribution in [0.3, 0.4) is 0 Å². The van der Waals surface area contributed by atoms with E-state index in [-0.39, 0.29) is 17.7 Å². The maximum absolute atomic E-state index is 11.9. The van der Waals surface area contributed by atoms with Crippen molar-refractivity contribution < 1.29 is 14.3 Å². The van der Waals surface area contributed by atoms with Gasteiger partial charge < -0.3 is 20.1 Å². The number of anilines is 1. The Hall–Kier alpha value is -1.30. The Morgan fingerprint density at radius 2 is 1.83 bits per heavy atom. The predicted molar refractivity (Wildman–Crippen MR) is 93.9 cm³/mol. The lowest BCUT2D eigenvalue weighted by molar-refractivity contribution is -0.107. The van der Waals surface area contributed by atoms with Gasteiger partial charge in [-0.05, 0) is 48.9 Å². The second-order valence-electron chi connectivity index (χ2n) is 6.27.